The number of aromatic nitrogens is 1. The molecule has 1 aromatic heterocycles. The van der Waals surface area contributed by atoms with Crippen LogP contribution in [0.2, 0.25) is 0 Å². The first-order valence-electron chi connectivity index (χ1n) is 6.43. The van der Waals surface area contributed by atoms with Crippen LogP contribution in [0.5, 0.6) is 0 Å². The van der Waals surface area contributed by atoms with E-state index in [1.54, 1.807) is 36.6 Å². The van der Waals surface area contributed by atoms with Gasteiger partial charge in [-0.2, -0.15) is 0 Å². The molecule has 1 aromatic carbocycles. The third-order valence-corrected chi connectivity index (χ3v) is 3.45. The summed E-state index contributed by atoms with van der Waals surface area (Å²) in [6.07, 6.45) is -3.11. The summed E-state index contributed by atoms with van der Waals surface area (Å²) >= 11 is 0. The van der Waals surface area contributed by atoms with E-state index in [1.807, 2.05) is 0 Å². The summed E-state index contributed by atoms with van der Waals surface area (Å²) in [5.41, 5.74) is 7.31. The second-order valence-electron chi connectivity index (χ2n) is 4.93. The largest absolute Gasteiger partial charge is 0.385 e. The predicted octanol–water partition coefficient (Wildman–Crippen LogP) is 1.11. The van der Waals surface area contributed by atoms with Crippen molar-refractivity contribution in [2.24, 2.45) is 5.73 Å². The van der Waals surface area contributed by atoms with Gasteiger partial charge in [0.2, 0.25) is 5.91 Å². The van der Waals surface area contributed by atoms with Crippen molar-refractivity contribution < 1.29 is 19.4 Å². The first-order valence-corrected chi connectivity index (χ1v) is 6.43. The fourth-order valence-corrected chi connectivity index (χ4v) is 2.43. The van der Waals surface area contributed by atoms with Gasteiger partial charge in [-0.15, -0.1) is 0 Å². The van der Waals surface area contributed by atoms with Crippen LogP contribution in [0.3, 0.4) is 0 Å². The van der Waals surface area contributed by atoms with Crippen LogP contribution in [0.1, 0.15) is 23.1 Å². The molecule has 2 rings (SSSR count). The Kier molecular flexibility index (Phi) is 4.11. The number of halogens is 1. The summed E-state index contributed by atoms with van der Waals surface area (Å²) in [7, 11) is 0. The molecule has 0 saturated carbocycles. The van der Waals surface area contributed by atoms with E-state index in [-0.39, 0.29) is 5.82 Å². The molecule has 0 spiro atoms. The molecule has 4 N–H and O–H groups in total. The van der Waals surface area contributed by atoms with Crippen molar-refractivity contribution in [1.82, 2.24) is 4.57 Å². The number of aliphatic hydroxyl groups is 2. The first-order chi connectivity index (χ1) is 9.82. The quantitative estimate of drug-likeness (QED) is 0.788. The summed E-state index contributed by atoms with van der Waals surface area (Å²) in [6.45, 7) is 3.49. The number of aryl methyl sites for hydroxylation is 1. The van der Waals surface area contributed by atoms with Gasteiger partial charge in [-0.25, -0.2) is 4.39 Å². The second kappa shape index (κ2) is 5.67. The fraction of sp³-hybridized carbons (Fsp3) is 0.267. The van der Waals surface area contributed by atoms with Gasteiger partial charge in [0.15, 0.2) is 6.10 Å². The van der Waals surface area contributed by atoms with Crippen LogP contribution in [0, 0.1) is 19.7 Å². The van der Waals surface area contributed by atoms with E-state index in [0.29, 0.717) is 16.9 Å². The number of rotatable bonds is 4. The molecule has 0 aliphatic heterocycles. The standard InChI is InChI=1S/C15H17FN2O3/c1-8-6-12(13(19)14(20)15(17)21)9(2)18(8)11-5-3-4-10(16)7-11/h3-7,13-14,19-20H,1-2H3,(H2,17,21). The maximum atomic E-state index is 13.4. The SMILES string of the molecule is Cc1cc(C(O)C(O)C(N)=O)c(C)n1-c1cccc(F)c1. The van der Waals surface area contributed by atoms with E-state index in [1.165, 1.54) is 12.1 Å². The monoisotopic (exact) mass is 292 g/mol. The lowest BCUT2D eigenvalue weighted by atomic mass is 10.0. The van der Waals surface area contributed by atoms with Gasteiger partial charge in [-0.1, -0.05) is 6.07 Å². The minimum Gasteiger partial charge on any atom is -0.385 e. The van der Waals surface area contributed by atoms with Crippen molar-refractivity contribution in [3.63, 3.8) is 0 Å². The van der Waals surface area contributed by atoms with Gasteiger partial charge in [0, 0.05) is 22.6 Å². The van der Waals surface area contributed by atoms with Gasteiger partial charge in [0.25, 0.3) is 0 Å². The molecule has 2 aromatic rings. The van der Waals surface area contributed by atoms with Gasteiger partial charge >= 0.3 is 0 Å². The summed E-state index contributed by atoms with van der Waals surface area (Å²) in [4.78, 5) is 11.0. The smallest absolute Gasteiger partial charge is 0.249 e. The number of nitrogens with zero attached hydrogens (tertiary/aromatic N) is 1. The highest BCUT2D eigenvalue weighted by Gasteiger charge is 2.27. The van der Waals surface area contributed by atoms with E-state index in [2.05, 4.69) is 0 Å². The molecule has 0 aliphatic carbocycles. The van der Waals surface area contributed by atoms with Crippen molar-refractivity contribution >= 4 is 5.91 Å². The molecule has 1 amide bonds. The van der Waals surface area contributed by atoms with Crippen molar-refractivity contribution in [1.29, 1.82) is 0 Å². The Balaban J connectivity index is 2.50. The topological polar surface area (TPSA) is 88.5 Å². The highest BCUT2D eigenvalue weighted by molar-refractivity contribution is 5.79. The molecular weight excluding hydrogens is 275 g/mol. The third kappa shape index (κ3) is 2.81. The molecule has 5 nitrogen and oxygen atoms in total. The number of carbonyl (C=O) groups excluding carboxylic acids is 1. The fourth-order valence-electron chi connectivity index (χ4n) is 2.43. The Hall–Kier alpha value is -2.18. The molecule has 1 heterocycles. The normalized spacial score (nSPS) is 14.0. The predicted molar refractivity (Wildman–Crippen MR) is 75.4 cm³/mol. The maximum absolute atomic E-state index is 13.4. The number of primary amides is 1. The molecule has 6 heteroatoms. The van der Waals surface area contributed by atoms with Crippen molar-refractivity contribution in [2.75, 3.05) is 0 Å². The lowest BCUT2D eigenvalue weighted by molar-refractivity contribution is -0.131. The average Bonchev–Trinajstić information content (AvgIpc) is 2.72. The number of hydrogen-bond acceptors (Lipinski definition) is 3. The van der Waals surface area contributed by atoms with Gasteiger partial charge in [-0.3, -0.25) is 4.79 Å². The first kappa shape index (κ1) is 15.2. The van der Waals surface area contributed by atoms with E-state index in [9.17, 15) is 19.4 Å². The van der Waals surface area contributed by atoms with Crippen molar-refractivity contribution in [3.05, 3.63) is 53.1 Å². The second-order valence-corrected chi connectivity index (χ2v) is 4.93. The summed E-state index contributed by atoms with van der Waals surface area (Å²) in [6, 6.07) is 7.64. The molecule has 2 unspecified atom stereocenters. The van der Waals surface area contributed by atoms with Crippen LogP contribution in [-0.4, -0.2) is 26.8 Å². The van der Waals surface area contributed by atoms with E-state index < -0.39 is 18.1 Å². The molecule has 0 aliphatic rings. The Morgan fingerprint density at radius 2 is 1.95 bits per heavy atom. The van der Waals surface area contributed by atoms with Gasteiger partial charge in [0.05, 0.1) is 0 Å². The third-order valence-electron chi connectivity index (χ3n) is 3.45. The van der Waals surface area contributed by atoms with Crippen LogP contribution < -0.4 is 5.73 Å². The minimum atomic E-state index is -1.69. The number of aliphatic hydroxyl groups excluding tert-OH is 2. The molecular formula is C15H17FN2O3. The molecule has 0 bridgehead atoms. The van der Waals surface area contributed by atoms with Gasteiger partial charge < -0.3 is 20.5 Å². The molecule has 112 valence electrons. The zero-order valence-corrected chi connectivity index (χ0v) is 11.7. The zero-order valence-electron chi connectivity index (χ0n) is 11.7. The molecule has 0 radical (unpaired) electrons. The van der Waals surface area contributed by atoms with E-state index >= 15 is 0 Å². The molecule has 2 atom stereocenters. The molecule has 21 heavy (non-hydrogen) atoms. The lowest BCUT2D eigenvalue weighted by Gasteiger charge is -2.16. The van der Waals surface area contributed by atoms with Crippen LogP contribution >= 0.6 is 0 Å². The Labute approximate surface area is 121 Å². The maximum Gasteiger partial charge on any atom is 0.249 e. The van der Waals surface area contributed by atoms with E-state index in [4.69, 9.17) is 5.73 Å². The Bertz CT molecular complexity index is 682. The molecule has 0 fully saturated rings. The minimum absolute atomic E-state index is 0.376. The number of benzene rings is 1. The van der Waals surface area contributed by atoms with Gasteiger partial charge in [0.1, 0.15) is 11.9 Å². The highest BCUT2D eigenvalue weighted by atomic mass is 19.1. The lowest BCUT2D eigenvalue weighted by Crippen LogP contribution is -2.34. The van der Waals surface area contributed by atoms with Crippen LogP contribution in [-0.2, 0) is 4.79 Å². The number of hydrogen-bond donors (Lipinski definition) is 3. The Morgan fingerprint density at radius 1 is 1.29 bits per heavy atom. The summed E-state index contributed by atoms with van der Waals surface area (Å²) in [5.74, 6) is -1.38. The van der Waals surface area contributed by atoms with Crippen LogP contribution in [0.15, 0.2) is 30.3 Å². The summed E-state index contributed by atoms with van der Waals surface area (Å²) in [5, 5.41) is 19.6. The zero-order chi connectivity index (χ0) is 15.7. The van der Waals surface area contributed by atoms with Crippen LogP contribution in [0.4, 0.5) is 4.39 Å². The number of amides is 1. The highest BCUT2D eigenvalue weighted by Crippen LogP contribution is 2.27. The van der Waals surface area contributed by atoms with Crippen molar-refractivity contribution in [2.45, 2.75) is 26.1 Å². The van der Waals surface area contributed by atoms with Crippen molar-refractivity contribution in [3.8, 4) is 5.69 Å². The summed E-state index contributed by atoms with van der Waals surface area (Å²) < 4.78 is 15.1. The van der Waals surface area contributed by atoms with Crippen LogP contribution in [0.25, 0.3) is 5.69 Å². The van der Waals surface area contributed by atoms with Gasteiger partial charge in [-0.05, 0) is 38.1 Å². The van der Waals surface area contributed by atoms with E-state index in [0.717, 1.165) is 5.69 Å². The molecule has 0 saturated heterocycles. The number of nitrogens with two attached hydrogens (primary N) is 1. The Morgan fingerprint density at radius 3 is 2.52 bits per heavy atom. The number of carbonyl (C=O) groups is 1. The average molecular weight is 292 g/mol.